The van der Waals surface area contributed by atoms with Gasteiger partial charge in [-0.2, -0.15) is 13.2 Å². The van der Waals surface area contributed by atoms with Gasteiger partial charge in [0.2, 0.25) is 5.91 Å². The molecule has 0 aliphatic rings. The van der Waals surface area contributed by atoms with Crippen LogP contribution in [0.3, 0.4) is 0 Å². The Labute approximate surface area is 121 Å². The largest absolute Gasteiger partial charge is 0.405 e. The minimum absolute atomic E-state index is 0.235. The van der Waals surface area contributed by atoms with Gasteiger partial charge in [-0.15, -0.1) is 0 Å². The zero-order valence-corrected chi connectivity index (χ0v) is 12.0. The van der Waals surface area contributed by atoms with Crippen molar-refractivity contribution in [1.29, 1.82) is 0 Å². The number of amides is 1. The zero-order valence-electron chi connectivity index (χ0n) is 11.2. The number of benzene rings is 1. The summed E-state index contributed by atoms with van der Waals surface area (Å²) in [6, 6.07) is 9.19. The second-order valence-electron chi connectivity index (χ2n) is 4.57. The molecule has 21 heavy (non-hydrogen) atoms. The average molecular weight is 323 g/mol. The lowest BCUT2D eigenvalue weighted by atomic mass is 10.1. The van der Waals surface area contributed by atoms with E-state index in [1.165, 1.54) is 0 Å². The van der Waals surface area contributed by atoms with Crippen molar-refractivity contribution in [3.8, 4) is 0 Å². The van der Waals surface area contributed by atoms with E-state index >= 15 is 0 Å². The number of hydrogen-bond acceptors (Lipinski definition) is 3. The van der Waals surface area contributed by atoms with E-state index in [4.69, 9.17) is 0 Å². The summed E-state index contributed by atoms with van der Waals surface area (Å²) in [7, 11) is -3.70. The molecule has 8 heteroatoms. The van der Waals surface area contributed by atoms with Gasteiger partial charge in [0.25, 0.3) is 0 Å². The molecular formula is C13H16F3NO3S. The second-order valence-corrected chi connectivity index (χ2v) is 6.76. The molecule has 1 N–H and O–H groups in total. The van der Waals surface area contributed by atoms with Crippen LogP contribution >= 0.6 is 0 Å². The van der Waals surface area contributed by atoms with Crippen LogP contribution in [0.15, 0.2) is 30.3 Å². The van der Waals surface area contributed by atoms with Crippen molar-refractivity contribution in [3.63, 3.8) is 0 Å². The maximum atomic E-state index is 11.9. The number of nitrogens with one attached hydrogen (secondary N) is 1. The van der Waals surface area contributed by atoms with Crippen molar-refractivity contribution >= 4 is 15.7 Å². The highest BCUT2D eigenvalue weighted by Gasteiger charge is 2.28. The summed E-state index contributed by atoms with van der Waals surface area (Å²) in [5.41, 5.74) is 0.967. The summed E-state index contributed by atoms with van der Waals surface area (Å²) < 4.78 is 58.9. The van der Waals surface area contributed by atoms with E-state index in [2.05, 4.69) is 0 Å². The molecular weight excluding hydrogens is 307 g/mol. The van der Waals surface area contributed by atoms with E-state index in [-0.39, 0.29) is 5.75 Å². The van der Waals surface area contributed by atoms with Gasteiger partial charge in [-0.05, 0) is 18.4 Å². The molecule has 0 heterocycles. The fourth-order valence-electron chi connectivity index (χ4n) is 1.66. The van der Waals surface area contributed by atoms with Crippen molar-refractivity contribution in [3.05, 3.63) is 35.9 Å². The number of aryl methyl sites for hydroxylation is 1. The Bertz CT molecular complexity index is 556. The first-order chi connectivity index (χ1) is 9.68. The van der Waals surface area contributed by atoms with Crippen molar-refractivity contribution < 1.29 is 26.4 Å². The Kier molecular flexibility index (Phi) is 6.19. The first-order valence-corrected chi connectivity index (χ1v) is 8.08. The average Bonchev–Trinajstić information content (AvgIpc) is 2.36. The molecule has 1 aromatic rings. The van der Waals surface area contributed by atoms with Gasteiger partial charge >= 0.3 is 6.18 Å². The van der Waals surface area contributed by atoms with E-state index in [1.54, 1.807) is 5.32 Å². The molecule has 0 saturated carbocycles. The molecule has 0 aromatic heterocycles. The summed E-state index contributed by atoms with van der Waals surface area (Å²) in [5.74, 6) is -2.29. The molecule has 0 atom stereocenters. The van der Waals surface area contributed by atoms with Crippen molar-refractivity contribution in [2.24, 2.45) is 0 Å². The fourth-order valence-corrected chi connectivity index (χ4v) is 2.89. The molecule has 0 saturated heterocycles. The van der Waals surface area contributed by atoms with Crippen molar-refractivity contribution in [1.82, 2.24) is 5.32 Å². The summed E-state index contributed by atoms with van der Waals surface area (Å²) in [5, 5.41) is 1.54. The third-order valence-electron chi connectivity index (χ3n) is 2.60. The van der Waals surface area contributed by atoms with Crippen LogP contribution in [-0.4, -0.2) is 38.6 Å². The van der Waals surface area contributed by atoms with Crippen molar-refractivity contribution in [2.45, 2.75) is 19.0 Å². The van der Waals surface area contributed by atoms with Crippen LogP contribution in [0.2, 0.25) is 0 Å². The molecule has 0 spiro atoms. The topological polar surface area (TPSA) is 63.2 Å². The smallest absolute Gasteiger partial charge is 0.346 e. The van der Waals surface area contributed by atoms with E-state index in [0.29, 0.717) is 12.8 Å². The third-order valence-corrected chi connectivity index (χ3v) is 4.21. The van der Waals surface area contributed by atoms with E-state index in [9.17, 15) is 26.4 Å². The quantitative estimate of drug-likeness (QED) is 0.831. The number of hydrogen-bond donors (Lipinski definition) is 1. The molecule has 1 amide bonds. The van der Waals surface area contributed by atoms with Gasteiger partial charge in [-0.25, -0.2) is 8.42 Å². The SMILES string of the molecule is O=C(CS(=O)(=O)CCCc1ccccc1)NCC(F)(F)F. The van der Waals surface area contributed by atoms with Gasteiger partial charge < -0.3 is 5.32 Å². The molecule has 0 fully saturated rings. The van der Waals surface area contributed by atoms with Crippen molar-refractivity contribution in [2.75, 3.05) is 18.1 Å². The fraction of sp³-hybridized carbons (Fsp3) is 0.462. The number of carbonyl (C=O) groups excluding carboxylic acids is 1. The van der Waals surface area contributed by atoms with Crippen LogP contribution in [0.5, 0.6) is 0 Å². The maximum Gasteiger partial charge on any atom is 0.405 e. The Morgan fingerprint density at radius 2 is 1.76 bits per heavy atom. The van der Waals surface area contributed by atoms with Gasteiger partial charge in [0, 0.05) is 0 Å². The third kappa shape index (κ3) is 8.34. The van der Waals surface area contributed by atoms with Gasteiger partial charge in [0.05, 0.1) is 5.75 Å². The first-order valence-electron chi connectivity index (χ1n) is 6.26. The van der Waals surface area contributed by atoms with E-state index in [0.717, 1.165) is 5.56 Å². The first kappa shape index (κ1) is 17.5. The molecule has 0 aliphatic heterocycles. The summed E-state index contributed by atoms with van der Waals surface area (Å²) >= 11 is 0. The predicted molar refractivity (Wildman–Crippen MR) is 72.5 cm³/mol. The lowest BCUT2D eigenvalue weighted by Gasteiger charge is -2.08. The van der Waals surface area contributed by atoms with Gasteiger partial charge in [-0.3, -0.25) is 4.79 Å². The standard InChI is InChI=1S/C13H16F3NO3S/c14-13(15,16)10-17-12(18)9-21(19,20)8-4-7-11-5-2-1-3-6-11/h1-3,5-6H,4,7-10H2,(H,17,18). The lowest BCUT2D eigenvalue weighted by Crippen LogP contribution is -2.37. The maximum absolute atomic E-state index is 11.9. The summed E-state index contributed by atoms with van der Waals surface area (Å²) in [6.45, 7) is -1.52. The Morgan fingerprint density at radius 3 is 2.33 bits per heavy atom. The highest BCUT2D eigenvalue weighted by molar-refractivity contribution is 7.92. The molecule has 0 aliphatic carbocycles. The number of halogens is 3. The van der Waals surface area contributed by atoms with Gasteiger partial charge in [0.1, 0.15) is 12.3 Å². The number of rotatable bonds is 7. The Morgan fingerprint density at radius 1 is 1.14 bits per heavy atom. The van der Waals surface area contributed by atoms with E-state index < -0.39 is 34.2 Å². The molecule has 1 rings (SSSR count). The zero-order chi connectivity index (χ0) is 15.9. The molecule has 118 valence electrons. The monoisotopic (exact) mass is 323 g/mol. The molecule has 0 bridgehead atoms. The highest BCUT2D eigenvalue weighted by atomic mass is 32.2. The van der Waals surface area contributed by atoms with Crippen LogP contribution in [-0.2, 0) is 21.1 Å². The van der Waals surface area contributed by atoms with Gasteiger partial charge in [-0.1, -0.05) is 30.3 Å². The number of alkyl halides is 3. The summed E-state index contributed by atoms with van der Waals surface area (Å²) in [6.07, 6.45) is -3.70. The van der Waals surface area contributed by atoms with Gasteiger partial charge in [0.15, 0.2) is 9.84 Å². The highest BCUT2D eigenvalue weighted by Crippen LogP contribution is 2.12. The second kappa shape index (κ2) is 7.44. The Balaban J connectivity index is 2.35. The minimum atomic E-state index is -4.55. The van der Waals surface area contributed by atoms with Crippen LogP contribution in [0.1, 0.15) is 12.0 Å². The minimum Gasteiger partial charge on any atom is -0.346 e. The van der Waals surface area contributed by atoms with E-state index in [1.807, 2.05) is 30.3 Å². The van der Waals surface area contributed by atoms with Crippen LogP contribution < -0.4 is 5.32 Å². The predicted octanol–water partition coefficient (Wildman–Crippen LogP) is 1.71. The Hall–Kier alpha value is -1.57. The number of sulfone groups is 1. The normalized spacial score (nSPS) is 12.1. The lowest BCUT2D eigenvalue weighted by molar-refractivity contribution is -0.137. The molecule has 1 aromatic carbocycles. The molecule has 0 radical (unpaired) electrons. The molecule has 0 unspecified atom stereocenters. The number of carbonyl (C=O) groups is 1. The van der Waals surface area contributed by atoms with Crippen LogP contribution in [0.25, 0.3) is 0 Å². The van der Waals surface area contributed by atoms with Crippen LogP contribution in [0, 0.1) is 0 Å². The summed E-state index contributed by atoms with van der Waals surface area (Å²) in [4.78, 5) is 11.1. The van der Waals surface area contributed by atoms with Crippen LogP contribution in [0.4, 0.5) is 13.2 Å². The molecule has 4 nitrogen and oxygen atoms in total.